The molecule has 0 N–H and O–H groups in total. The Morgan fingerprint density at radius 2 is 1.44 bits per heavy atom. The van der Waals surface area contributed by atoms with Crippen LogP contribution < -0.4 is 4.57 Å². The summed E-state index contributed by atoms with van der Waals surface area (Å²) in [6.07, 6.45) is 1.98. The molecule has 0 radical (unpaired) electrons. The highest BCUT2D eigenvalue weighted by atomic mass is 16.1. The topological polar surface area (TPSA) is 20.9 Å². The van der Waals surface area contributed by atoms with Gasteiger partial charge in [0.2, 0.25) is 5.69 Å². The maximum atomic E-state index is 12.7. The van der Waals surface area contributed by atoms with E-state index < -0.39 is 0 Å². The molecule has 0 saturated carbocycles. The quantitative estimate of drug-likeness (QED) is 0.335. The van der Waals surface area contributed by atoms with Crippen LogP contribution in [-0.2, 0) is 6.54 Å². The van der Waals surface area contributed by atoms with Gasteiger partial charge in [0.15, 0.2) is 18.5 Å². The fourth-order valence-electron chi connectivity index (χ4n) is 3.78. The van der Waals surface area contributed by atoms with Crippen LogP contribution in [0.4, 0.5) is 0 Å². The maximum Gasteiger partial charge on any atom is 0.213 e. The SMILES string of the molecule is O=C(c1ccccc1)c1ccc2[n+](c1)Cc1cc(-c3ccccc3)ccc1-2. The van der Waals surface area contributed by atoms with Crippen molar-refractivity contribution < 1.29 is 9.36 Å². The lowest BCUT2D eigenvalue weighted by Crippen LogP contribution is -2.33. The van der Waals surface area contributed by atoms with Gasteiger partial charge in [0.25, 0.3) is 0 Å². The summed E-state index contributed by atoms with van der Waals surface area (Å²) in [6, 6.07) is 30.5. The summed E-state index contributed by atoms with van der Waals surface area (Å²) in [4.78, 5) is 12.7. The van der Waals surface area contributed by atoms with Crippen LogP contribution in [0.25, 0.3) is 22.4 Å². The van der Waals surface area contributed by atoms with Gasteiger partial charge in [-0.1, -0.05) is 66.7 Å². The zero-order valence-corrected chi connectivity index (χ0v) is 14.8. The molecule has 3 aromatic carbocycles. The van der Waals surface area contributed by atoms with Crippen molar-refractivity contribution in [2.45, 2.75) is 6.54 Å². The van der Waals surface area contributed by atoms with Crippen molar-refractivity contribution in [1.82, 2.24) is 0 Å². The molecular formula is C25H18NO+. The minimum Gasteiger partial charge on any atom is -0.288 e. The molecule has 5 rings (SSSR count). The van der Waals surface area contributed by atoms with Gasteiger partial charge >= 0.3 is 0 Å². The predicted molar refractivity (Wildman–Crippen MR) is 106 cm³/mol. The van der Waals surface area contributed by atoms with E-state index in [-0.39, 0.29) is 5.78 Å². The maximum absolute atomic E-state index is 12.7. The molecule has 0 amide bonds. The van der Waals surface area contributed by atoms with Gasteiger partial charge in [0.05, 0.1) is 11.1 Å². The van der Waals surface area contributed by atoms with Crippen molar-refractivity contribution >= 4 is 5.78 Å². The molecular weight excluding hydrogens is 330 g/mol. The number of ketones is 1. The van der Waals surface area contributed by atoms with Gasteiger partial charge in [-0.2, -0.15) is 4.57 Å². The zero-order valence-electron chi connectivity index (χ0n) is 14.8. The molecule has 0 aliphatic carbocycles. The number of benzene rings is 3. The monoisotopic (exact) mass is 348 g/mol. The average Bonchev–Trinajstić information content (AvgIpc) is 3.11. The second-order valence-electron chi connectivity index (χ2n) is 6.86. The van der Waals surface area contributed by atoms with Crippen molar-refractivity contribution in [3.05, 3.63) is 114 Å². The molecule has 0 saturated heterocycles. The van der Waals surface area contributed by atoms with E-state index in [2.05, 4.69) is 53.1 Å². The third-order valence-electron chi connectivity index (χ3n) is 5.15. The van der Waals surface area contributed by atoms with Crippen LogP contribution in [0.3, 0.4) is 0 Å². The third kappa shape index (κ3) is 2.76. The molecule has 1 aliphatic rings. The highest BCUT2D eigenvalue weighted by molar-refractivity contribution is 6.08. The summed E-state index contributed by atoms with van der Waals surface area (Å²) in [7, 11) is 0. The Balaban J connectivity index is 1.50. The van der Waals surface area contributed by atoms with Crippen molar-refractivity contribution in [2.24, 2.45) is 0 Å². The van der Waals surface area contributed by atoms with E-state index in [4.69, 9.17) is 0 Å². The van der Waals surface area contributed by atoms with Gasteiger partial charge < -0.3 is 0 Å². The highest BCUT2D eigenvalue weighted by Crippen LogP contribution is 2.31. The molecule has 27 heavy (non-hydrogen) atoms. The Morgan fingerprint density at radius 3 is 2.22 bits per heavy atom. The van der Waals surface area contributed by atoms with Gasteiger partial charge in [-0.15, -0.1) is 0 Å². The third-order valence-corrected chi connectivity index (χ3v) is 5.15. The second-order valence-corrected chi connectivity index (χ2v) is 6.86. The number of carbonyl (C=O) groups excluding carboxylic acids is 1. The fourth-order valence-corrected chi connectivity index (χ4v) is 3.78. The first-order valence-electron chi connectivity index (χ1n) is 9.11. The summed E-state index contributed by atoms with van der Waals surface area (Å²) in [6.45, 7) is 0.793. The molecule has 2 heteroatoms. The normalized spacial score (nSPS) is 11.7. The van der Waals surface area contributed by atoms with Crippen molar-refractivity contribution in [1.29, 1.82) is 0 Å². The molecule has 4 aromatic rings. The van der Waals surface area contributed by atoms with E-state index >= 15 is 0 Å². The Morgan fingerprint density at radius 1 is 0.704 bits per heavy atom. The molecule has 0 bridgehead atoms. The summed E-state index contributed by atoms with van der Waals surface area (Å²) in [5, 5.41) is 0. The first kappa shape index (κ1) is 15.7. The average molecular weight is 348 g/mol. The van der Waals surface area contributed by atoms with Crippen molar-refractivity contribution in [3.63, 3.8) is 0 Å². The molecule has 1 aliphatic heterocycles. The first-order valence-corrected chi connectivity index (χ1v) is 9.11. The first-order chi connectivity index (χ1) is 13.3. The molecule has 2 nitrogen and oxygen atoms in total. The number of pyridine rings is 1. The fraction of sp³-hybridized carbons (Fsp3) is 0.0400. The van der Waals surface area contributed by atoms with Gasteiger partial charge in [0, 0.05) is 17.2 Å². The number of nitrogens with zero attached hydrogens (tertiary/aromatic N) is 1. The van der Waals surface area contributed by atoms with E-state index in [0.29, 0.717) is 0 Å². The van der Waals surface area contributed by atoms with E-state index in [0.717, 1.165) is 23.4 Å². The van der Waals surface area contributed by atoms with Gasteiger partial charge in [0.1, 0.15) is 0 Å². The molecule has 0 spiro atoms. The predicted octanol–water partition coefficient (Wildman–Crippen LogP) is 4.90. The van der Waals surface area contributed by atoms with Crippen molar-refractivity contribution in [2.75, 3.05) is 0 Å². The van der Waals surface area contributed by atoms with Crippen LogP contribution in [0.15, 0.2) is 97.2 Å². The van der Waals surface area contributed by atoms with Crippen LogP contribution in [0.2, 0.25) is 0 Å². The van der Waals surface area contributed by atoms with Crippen LogP contribution in [0.1, 0.15) is 21.5 Å². The number of rotatable bonds is 3. The molecule has 0 fully saturated rings. The van der Waals surface area contributed by atoms with Gasteiger partial charge in [-0.05, 0) is 29.3 Å². The summed E-state index contributed by atoms with van der Waals surface area (Å²) in [5.74, 6) is 0.0619. The van der Waals surface area contributed by atoms with Crippen molar-refractivity contribution in [3.8, 4) is 22.4 Å². The van der Waals surface area contributed by atoms with Crippen LogP contribution in [0.5, 0.6) is 0 Å². The summed E-state index contributed by atoms with van der Waals surface area (Å²) >= 11 is 0. The minimum atomic E-state index is 0.0619. The number of carbonyl (C=O) groups is 1. The second kappa shape index (κ2) is 6.33. The van der Waals surface area contributed by atoms with Crippen LogP contribution in [-0.4, -0.2) is 5.78 Å². The zero-order chi connectivity index (χ0) is 18.2. The molecule has 2 heterocycles. The minimum absolute atomic E-state index is 0.0619. The lowest BCUT2D eigenvalue weighted by atomic mass is 9.99. The Bertz CT molecular complexity index is 1150. The Labute approximate surface area is 158 Å². The Kier molecular flexibility index (Phi) is 3.68. The van der Waals surface area contributed by atoms with Gasteiger partial charge in [-0.3, -0.25) is 4.79 Å². The summed E-state index contributed by atoms with van der Waals surface area (Å²) in [5.41, 5.74) is 7.59. The largest absolute Gasteiger partial charge is 0.288 e. The van der Waals surface area contributed by atoms with Crippen LogP contribution in [0, 0.1) is 0 Å². The standard InChI is InChI=1S/C25H18NO/c27-25(19-9-5-2-6-10-19)21-12-14-24-23-13-11-20(18-7-3-1-4-8-18)15-22(23)17-26(24)16-21/h1-16H,17H2/q+1. The van der Waals surface area contributed by atoms with E-state index in [1.54, 1.807) is 0 Å². The van der Waals surface area contributed by atoms with E-state index in [1.807, 2.05) is 48.7 Å². The number of aromatic nitrogens is 1. The van der Waals surface area contributed by atoms with E-state index in [1.165, 1.54) is 22.3 Å². The highest BCUT2D eigenvalue weighted by Gasteiger charge is 2.27. The number of hydrogen-bond acceptors (Lipinski definition) is 1. The summed E-state index contributed by atoms with van der Waals surface area (Å²) < 4.78 is 2.18. The lowest BCUT2D eigenvalue weighted by molar-refractivity contribution is -0.672. The molecule has 128 valence electrons. The van der Waals surface area contributed by atoms with Gasteiger partial charge in [-0.25, -0.2) is 0 Å². The molecule has 0 atom stereocenters. The molecule has 1 aromatic heterocycles. The lowest BCUT2D eigenvalue weighted by Gasteiger charge is -2.02. The Hall–Kier alpha value is -3.52. The number of hydrogen-bond donors (Lipinski definition) is 0. The number of fused-ring (bicyclic) bond motifs is 3. The smallest absolute Gasteiger partial charge is 0.213 e. The molecule has 0 unspecified atom stereocenters. The van der Waals surface area contributed by atoms with E-state index in [9.17, 15) is 4.79 Å². The van der Waals surface area contributed by atoms with Crippen LogP contribution >= 0.6 is 0 Å².